The topological polar surface area (TPSA) is 58.1 Å². The van der Waals surface area contributed by atoms with Crippen LogP contribution >= 0.6 is 0 Å². The van der Waals surface area contributed by atoms with Gasteiger partial charge in [0.2, 0.25) is 5.95 Å². The van der Waals surface area contributed by atoms with E-state index in [0.717, 1.165) is 17.0 Å². The minimum absolute atomic E-state index is 0.0960. The molecule has 2 rings (SSSR count). The Morgan fingerprint density at radius 3 is 2.62 bits per heavy atom. The smallest absolute Gasteiger partial charge is 0.251 e. The van der Waals surface area contributed by atoms with Crippen molar-refractivity contribution in [1.82, 2.24) is 15.3 Å². The zero-order valence-electron chi connectivity index (χ0n) is 12.8. The van der Waals surface area contributed by atoms with Crippen molar-refractivity contribution in [1.29, 1.82) is 0 Å². The average Bonchev–Trinajstić information content (AvgIpc) is 2.44. The average molecular weight is 284 g/mol. The van der Waals surface area contributed by atoms with Gasteiger partial charge in [-0.05, 0) is 32.0 Å². The predicted octanol–water partition coefficient (Wildman–Crippen LogP) is 2.09. The van der Waals surface area contributed by atoms with Crippen LogP contribution in [0.1, 0.15) is 27.3 Å². The van der Waals surface area contributed by atoms with Crippen LogP contribution in [-0.2, 0) is 6.54 Å². The molecular formula is C16H20N4O. The Balaban J connectivity index is 2.08. The molecule has 1 aromatic heterocycles. The van der Waals surface area contributed by atoms with Gasteiger partial charge in [0.25, 0.3) is 5.91 Å². The molecule has 1 amide bonds. The molecular weight excluding hydrogens is 264 g/mol. The van der Waals surface area contributed by atoms with E-state index in [9.17, 15) is 4.79 Å². The van der Waals surface area contributed by atoms with E-state index in [1.165, 1.54) is 0 Å². The van der Waals surface area contributed by atoms with E-state index in [2.05, 4.69) is 15.3 Å². The number of benzene rings is 1. The van der Waals surface area contributed by atoms with Crippen molar-refractivity contribution in [2.45, 2.75) is 20.4 Å². The number of carbonyl (C=O) groups is 1. The molecule has 5 heteroatoms. The van der Waals surface area contributed by atoms with Crippen molar-refractivity contribution in [2.75, 3.05) is 19.0 Å². The highest BCUT2D eigenvalue weighted by Gasteiger charge is 2.08. The standard InChI is InChI=1S/C16H20N4O/c1-11-6-5-7-13(8-11)15(21)17-10-14-9-12(2)18-16(19-14)20(3)4/h5-9H,10H2,1-4H3,(H,17,21). The summed E-state index contributed by atoms with van der Waals surface area (Å²) in [5.41, 5.74) is 3.41. The summed E-state index contributed by atoms with van der Waals surface area (Å²) in [6.45, 7) is 4.27. The van der Waals surface area contributed by atoms with Gasteiger partial charge in [0.05, 0.1) is 12.2 Å². The van der Waals surface area contributed by atoms with Crippen LogP contribution in [0.2, 0.25) is 0 Å². The fourth-order valence-corrected chi connectivity index (χ4v) is 1.97. The van der Waals surface area contributed by atoms with Gasteiger partial charge in [-0.25, -0.2) is 9.97 Å². The number of carbonyl (C=O) groups excluding carboxylic acids is 1. The summed E-state index contributed by atoms with van der Waals surface area (Å²) in [5, 5.41) is 2.89. The van der Waals surface area contributed by atoms with E-state index in [0.29, 0.717) is 18.1 Å². The Kier molecular flexibility index (Phi) is 4.52. The number of rotatable bonds is 4. The molecule has 0 aliphatic heterocycles. The zero-order chi connectivity index (χ0) is 15.4. The van der Waals surface area contributed by atoms with Crippen molar-refractivity contribution in [3.05, 3.63) is 52.8 Å². The van der Waals surface area contributed by atoms with E-state index in [1.807, 2.05) is 57.1 Å². The first-order valence-corrected chi connectivity index (χ1v) is 6.82. The molecule has 0 aliphatic carbocycles. The third kappa shape index (κ3) is 4.02. The van der Waals surface area contributed by atoms with Gasteiger partial charge >= 0.3 is 0 Å². The number of nitrogens with one attached hydrogen (secondary N) is 1. The van der Waals surface area contributed by atoms with Gasteiger partial charge in [-0.15, -0.1) is 0 Å². The maximum absolute atomic E-state index is 12.1. The molecule has 1 heterocycles. The van der Waals surface area contributed by atoms with Gasteiger partial charge in [0, 0.05) is 25.4 Å². The summed E-state index contributed by atoms with van der Waals surface area (Å²) in [6.07, 6.45) is 0. The molecule has 2 aromatic rings. The van der Waals surface area contributed by atoms with E-state index in [-0.39, 0.29) is 5.91 Å². The number of hydrogen-bond donors (Lipinski definition) is 1. The lowest BCUT2D eigenvalue weighted by Crippen LogP contribution is -2.24. The first-order chi connectivity index (χ1) is 9.95. The second-order valence-electron chi connectivity index (χ2n) is 5.25. The highest BCUT2D eigenvalue weighted by molar-refractivity contribution is 5.94. The van der Waals surface area contributed by atoms with Crippen molar-refractivity contribution in [3.8, 4) is 0 Å². The van der Waals surface area contributed by atoms with Gasteiger partial charge in [-0.3, -0.25) is 4.79 Å². The summed E-state index contributed by atoms with van der Waals surface area (Å²) in [6, 6.07) is 9.39. The molecule has 0 bridgehead atoms. The van der Waals surface area contributed by atoms with Crippen molar-refractivity contribution >= 4 is 11.9 Å². The quantitative estimate of drug-likeness (QED) is 0.934. The van der Waals surface area contributed by atoms with Crippen LogP contribution < -0.4 is 10.2 Å². The minimum atomic E-state index is -0.0960. The fraction of sp³-hybridized carbons (Fsp3) is 0.312. The second kappa shape index (κ2) is 6.35. The van der Waals surface area contributed by atoms with Crippen LogP contribution in [0.3, 0.4) is 0 Å². The lowest BCUT2D eigenvalue weighted by Gasteiger charge is -2.12. The van der Waals surface area contributed by atoms with Crippen LogP contribution in [0.5, 0.6) is 0 Å². The van der Waals surface area contributed by atoms with Crippen molar-refractivity contribution < 1.29 is 4.79 Å². The number of hydrogen-bond acceptors (Lipinski definition) is 4. The number of aromatic nitrogens is 2. The number of amides is 1. The molecule has 0 atom stereocenters. The van der Waals surface area contributed by atoms with Crippen molar-refractivity contribution in [3.63, 3.8) is 0 Å². The number of aryl methyl sites for hydroxylation is 2. The fourth-order valence-electron chi connectivity index (χ4n) is 1.97. The normalized spacial score (nSPS) is 10.3. The van der Waals surface area contributed by atoms with Crippen LogP contribution in [0.4, 0.5) is 5.95 Å². The molecule has 0 radical (unpaired) electrons. The SMILES string of the molecule is Cc1cccc(C(=O)NCc2cc(C)nc(N(C)C)n2)c1. The predicted molar refractivity (Wildman–Crippen MR) is 83.4 cm³/mol. The lowest BCUT2D eigenvalue weighted by molar-refractivity contribution is 0.0950. The third-order valence-electron chi connectivity index (χ3n) is 3.01. The maximum atomic E-state index is 12.1. The van der Waals surface area contributed by atoms with Crippen LogP contribution in [-0.4, -0.2) is 30.0 Å². The lowest BCUT2D eigenvalue weighted by atomic mass is 10.1. The highest BCUT2D eigenvalue weighted by atomic mass is 16.1. The highest BCUT2D eigenvalue weighted by Crippen LogP contribution is 2.08. The van der Waals surface area contributed by atoms with Crippen LogP contribution in [0.15, 0.2) is 30.3 Å². The first-order valence-electron chi connectivity index (χ1n) is 6.82. The molecule has 0 spiro atoms. The summed E-state index contributed by atoms with van der Waals surface area (Å²) in [4.78, 5) is 22.7. The number of anilines is 1. The first kappa shape index (κ1) is 15.0. The molecule has 5 nitrogen and oxygen atoms in total. The largest absolute Gasteiger partial charge is 0.347 e. The second-order valence-corrected chi connectivity index (χ2v) is 5.25. The Hall–Kier alpha value is -2.43. The summed E-state index contributed by atoms with van der Waals surface area (Å²) < 4.78 is 0. The monoisotopic (exact) mass is 284 g/mol. The molecule has 21 heavy (non-hydrogen) atoms. The molecule has 0 saturated carbocycles. The molecule has 110 valence electrons. The molecule has 1 N–H and O–H groups in total. The summed E-state index contributed by atoms with van der Waals surface area (Å²) in [7, 11) is 3.79. The minimum Gasteiger partial charge on any atom is -0.347 e. The molecule has 0 unspecified atom stereocenters. The zero-order valence-corrected chi connectivity index (χ0v) is 12.8. The van der Waals surface area contributed by atoms with E-state index in [4.69, 9.17) is 0 Å². The molecule has 0 aliphatic rings. The third-order valence-corrected chi connectivity index (χ3v) is 3.01. The molecule has 1 aromatic carbocycles. The number of nitrogens with zero attached hydrogens (tertiary/aromatic N) is 3. The van der Waals surface area contributed by atoms with Crippen LogP contribution in [0, 0.1) is 13.8 Å². The van der Waals surface area contributed by atoms with Crippen molar-refractivity contribution in [2.24, 2.45) is 0 Å². The van der Waals surface area contributed by atoms with E-state index >= 15 is 0 Å². The van der Waals surface area contributed by atoms with Gasteiger partial charge in [0.15, 0.2) is 0 Å². The van der Waals surface area contributed by atoms with E-state index in [1.54, 1.807) is 6.07 Å². The molecule has 0 saturated heterocycles. The Bertz CT molecular complexity index is 652. The Labute approximate surface area is 125 Å². The van der Waals surface area contributed by atoms with Crippen LogP contribution in [0.25, 0.3) is 0 Å². The van der Waals surface area contributed by atoms with E-state index < -0.39 is 0 Å². The Morgan fingerprint density at radius 1 is 1.19 bits per heavy atom. The van der Waals surface area contributed by atoms with Gasteiger partial charge in [0.1, 0.15) is 0 Å². The summed E-state index contributed by atoms with van der Waals surface area (Å²) in [5.74, 6) is 0.552. The van der Waals surface area contributed by atoms with Gasteiger partial charge in [-0.1, -0.05) is 17.7 Å². The Morgan fingerprint density at radius 2 is 1.95 bits per heavy atom. The van der Waals surface area contributed by atoms with Gasteiger partial charge < -0.3 is 10.2 Å². The van der Waals surface area contributed by atoms with Gasteiger partial charge in [-0.2, -0.15) is 0 Å². The summed E-state index contributed by atoms with van der Waals surface area (Å²) >= 11 is 0. The molecule has 0 fully saturated rings. The maximum Gasteiger partial charge on any atom is 0.251 e.